The van der Waals surface area contributed by atoms with Gasteiger partial charge < -0.3 is 4.57 Å². The molecule has 0 saturated heterocycles. The molecule has 19 heavy (non-hydrogen) atoms. The van der Waals surface area contributed by atoms with Gasteiger partial charge in [-0.2, -0.15) is 5.10 Å². The van der Waals surface area contributed by atoms with Crippen LogP contribution in [0.25, 0.3) is 0 Å². The second-order valence-electron chi connectivity index (χ2n) is 5.11. The maximum atomic E-state index is 11.9. The number of aromatic nitrogens is 4. The average molecular weight is 258 g/mol. The zero-order valence-electron chi connectivity index (χ0n) is 11.1. The number of H-pyrrole nitrogens is 1. The lowest BCUT2D eigenvalue weighted by Gasteiger charge is -2.15. The highest BCUT2D eigenvalue weighted by molar-refractivity contribution is 5.98. The highest BCUT2D eigenvalue weighted by atomic mass is 16.1. The molecule has 3 rings (SSSR count). The first-order valence-electron chi connectivity index (χ1n) is 6.82. The van der Waals surface area contributed by atoms with Crippen molar-refractivity contribution in [2.24, 2.45) is 0 Å². The number of nitrogens with zero attached hydrogens (tertiary/aromatic N) is 3. The topological polar surface area (TPSA) is 63.6 Å². The van der Waals surface area contributed by atoms with Crippen molar-refractivity contribution in [3.8, 4) is 0 Å². The summed E-state index contributed by atoms with van der Waals surface area (Å²) in [5, 5.41) is 6.72. The van der Waals surface area contributed by atoms with Gasteiger partial charge in [-0.3, -0.25) is 9.89 Å². The van der Waals surface area contributed by atoms with E-state index in [0.29, 0.717) is 12.2 Å². The number of carbonyl (C=O) groups excluding carboxylic acids is 1. The number of aromatic amines is 1. The van der Waals surface area contributed by atoms with E-state index in [1.165, 1.54) is 17.7 Å². The van der Waals surface area contributed by atoms with Gasteiger partial charge in [0.1, 0.15) is 12.2 Å². The highest BCUT2D eigenvalue weighted by Gasteiger charge is 2.22. The van der Waals surface area contributed by atoms with Crippen molar-refractivity contribution in [3.05, 3.63) is 35.2 Å². The Labute approximate surface area is 112 Å². The van der Waals surface area contributed by atoms with E-state index in [0.717, 1.165) is 43.6 Å². The molecular formula is C14H18N4O. The first kappa shape index (κ1) is 12.1. The van der Waals surface area contributed by atoms with E-state index < -0.39 is 0 Å². The molecule has 0 saturated carbocycles. The Hall–Kier alpha value is -1.91. The van der Waals surface area contributed by atoms with Crippen LogP contribution in [0, 0.1) is 6.92 Å². The summed E-state index contributed by atoms with van der Waals surface area (Å²) in [4.78, 5) is 16.0. The molecule has 0 atom stereocenters. The summed E-state index contributed by atoms with van der Waals surface area (Å²) < 4.78 is 2.29. The maximum absolute atomic E-state index is 11.9. The third kappa shape index (κ3) is 2.32. The van der Waals surface area contributed by atoms with Crippen molar-refractivity contribution in [2.45, 2.75) is 45.6 Å². The lowest BCUT2D eigenvalue weighted by molar-refractivity contribution is 0.0971. The summed E-state index contributed by atoms with van der Waals surface area (Å²) in [5.41, 5.74) is 3.37. The largest absolute Gasteiger partial charge is 0.348 e. The molecular weight excluding hydrogens is 240 g/mol. The number of hydrogen-bond acceptors (Lipinski definition) is 3. The van der Waals surface area contributed by atoms with Crippen LogP contribution in [-0.4, -0.2) is 25.5 Å². The predicted molar refractivity (Wildman–Crippen MR) is 71.1 cm³/mol. The Morgan fingerprint density at radius 1 is 1.42 bits per heavy atom. The van der Waals surface area contributed by atoms with Crippen molar-refractivity contribution in [1.82, 2.24) is 19.7 Å². The SMILES string of the molecule is Cc1cc2c(n1CCCc1ncn[nH]1)CCCC2=O. The molecule has 1 aliphatic rings. The second-order valence-corrected chi connectivity index (χ2v) is 5.11. The third-order valence-electron chi connectivity index (χ3n) is 3.79. The van der Waals surface area contributed by atoms with Crippen LogP contribution < -0.4 is 0 Å². The molecule has 0 amide bonds. The minimum Gasteiger partial charge on any atom is -0.348 e. The molecule has 5 heteroatoms. The monoisotopic (exact) mass is 258 g/mol. The van der Waals surface area contributed by atoms with Gasteiger partial charge in [-0.1, -0.05) is 0 Å². The molecule has 0 spiro atoms. The predicted octanol–water partition coefficient (Wildman–Crippen LogP) is 2.07. The zero-order valence-corrected chi connectivity index (χ0v) is 11.1. The van der Waals surface area contributed by atoms with E-state index in [-0.39, 0.29) is 0 Å². The third-order valence-corrected chi connectivity index (χ3v) is 3.79. The lowest BCUT2D eigenvalue weighted by Crippen LogP contribution is -2.14. The van der Waals surface area contributed by atoms with Crippen molar-refractivity contribution >= 4 is 5.78 Å². The Morgan fingerprint density at radius 2 is 2.32 bits per heavy atom. The smallest absolute Gasteiger partial charge is 0.164 e. The molecule has 2 heterocycles. The number of ketones is 1. The fraction of sp³-hybridized carbons (Fsp3) is 0.500. The van der Waals surface area contributed by atoms with Crippen LogP contribution in [-0.2, 0) is 19.4 Å². The second kappa shape index (κ2) is 4.99. The first-order valence-corrected chi connectivity index (χ1v) is 6.82. The normalized spacial score (nSPS) is 14.7. The summed E-state index contributed by atoms with van der Waals surface area (Å²) in [6.07, 6.45) is 6.14. The van der Waals surface area contributed by atoms with E-state index >= 15 is 0 Å². The first-order chi connectivity index (χ1) is 9.25. The van der Waals surface area contributed by atoms with Gasteiger partial charge in [0.2, 0.25) is 0 Å². The van der Waals surface area contributed by atoms with Crippen LogP contribution >= 0.6 is 0 Å². The van der Waals surface area contributed by atoms with Crippen molar-refractivity contribution in [1.29, 1.82) is 0 Å². The lowest BCUT2D eigenvalue weighted by atomic mass is 9.96. The van der Waals surface area contributed by atoms with Crippen molar-refractivity contribution < 1.29 is 4.79 Å². The zero-order chi connectivity index (χ0) is 13.2. The number of rotatable bonds is 4. The number of fused-ring (bicyclic) bond motifs is 1. The molecule has 1 aliphatic carbocycles. The molecule has 2 aromatic heterocycles. The van der Waals surface area contributed by atoms with Crippen LogP contribution in [0.2, 0.25) is 0 Å². The van der Waals surface area contributed by atoms with Crippen molar-refractivity contribution in [2.75, 3.05) is 0 Å². The summed E-state index contributed by atoms with van der Waals surface area (Å²) in [6.45, 7) is 3.02. The van der Waals surface area contributed by atoms with E-state index in [9.17, 15) is 4.79 Å². The van der Waals surface area contributed by atoms with E-state index in [4.69, 9.17) is 0 Å². The molecule has 2 aromatic rings. The fourth-order valence-corrected chi connectivity index (χ4v) is 2.86. The van der Waals surface area contributed by atoms with Crippen molar-refractivity contribution in [3.63, 3.8) is 0 Å². The summed E-state index contributed by atoms with van der Waals surface area (Å²) in [5.74, 6) is 1.23. The van der Waals surface area contributed by atoms with Gasteiger partial charge in [0.15, 0.2) is 5.78 Å². The number of Topliss-reactive ketones (excluding diaryl/α,β-unsaturated/α-hetero) is 1. The van der Waals surface area contributed by atoms with E-state index in [1.54, 1.807) is 0 Å². The van der Waals surface area contributed by atoms with Crippen LogP contribution in [0.1, 0.15) is 46.8 Å². The molecule has 100 valence electrons. The Bertz CT molecular complexity index is 583. The minimum atomic E-state index is 0.304. The van der Waals surface area contributed by atoms with Crippen LogP contribution in [0.5, 0.6) is 0 Å². The van der Waals surface area contributed by atoms with Gasteiger partial charge >= 0.3 is 0 Å². The summed E-state index contributed by atoms with van der Waals surface area (Å²) in [7, 11) is 0. The van der Waals surface area contributed by atoms with Gasteiger partial charge in [-0.15, -0.1) is 0 Å². The Morgan fingerprint density at radius 3 is 3.11 bits per heavy atom. The Kier molecular flexibility index (Phi) is 3.19. The van der Waals surface area contributed by atoms with Gasteiger partial charge in [-0.05, 0) is 32.3 Å². The average Bonchev–Trinajstić information content (AvgIpc) is 3.00. The quantitative estimate of drug-likeness (QED) is 0.913. The van der Waals surface area contributed by atoms with Crippen LogP contribution in [0.3, 0.4) is 0 Å². The van der Waals surface area contributed by atoms with Gasteiger partial charge in [0.05, 0.1) is 0 Å². The van der Waals surface area contributed by atoms with Gasteiger partial charge in [-0.25, -0.2) is 4.98 Å². The molecule has 0 bridgehead atoms. The molecule has 0 aromatic carbocycles. The summed E-state index contributed by atoms with van der Waals surface area (Å²) >= 11 is 0. The van der Waals surface area contributed by atoms with E-state index in [1.807, 2.05) is 6.07 Å². The highest BCUT2D eigenvalue weighted by Crippen LogP contribution is 2.25. The van der Waals surface area contributed by atoms with E-state index in [2.05, 4.69) is 26.7 Å². The molecule has 0 radical (unpaired) electrons. The van der Waals surface area contributed by atoms with Gasteiger partial charge in [0.25, 0.3) is 0 Å². The molecule has 1 N–H and O–H groups in total. The maximum Gasteiger partial charge on any atom is 0.164 e. The van der Waals surface area contributed by atoms with Gasteiger partial charge in [0, 0.05) is 36.3 Å². The summed E-state index contributed by atoms with van der Waals surface area (Å²) in [6, 6.07) is 2.05. The fourth-order valence-electron chi connectivity index (χ4n) is 2.86. The number of aryl methyl sites for hydroxylation is 2. The molecule has 0 aliphatic heterocycles. The molecule has 0 unspecified atom stereocenters. The minimum absolute atomic E-state index is 0.304. The van der Waals surface area contributed by atoms with Crippen LogP contribution in [0.4, 0.5) is 0 Å². The standard InChI is InChI=1S/C14H18N4O/c1-10-8-11-12(4-2-5-13(11)19)18(10)7-3-6-14-15-9-16-17-14/h8-9H,2-7H2,1H3,(H,15,16,17). The van der Waals surface area contributed by atoms with Crippen LogP contribution in [0.15, 0.2) is 12.4 Å². The number of nitrogens with one attached hydrogen (secondary N) is 1. The number of hydrogen-bond donors (Lipinski definition) is 1. The molecule has 5 nitrogen and oxygen atoms in total. The number of carbonyl (C=O) groups is 1. The Balaban J connectivity index is 1.72. The molecule has 0 fully saturated rings.